The minimum atomic E-state index is -0.531. The summed E-state index contributed by atoms with van der Waals surface area (Å²) in [5, 5.41) is 2.97. The second-order valence-electron chi connectivity index (χ2n) is 5.58. The quantitative estimate of drug-likeness (QED) is 0.847. The van der Waals surface area contributed by atoms with Crippen LogP contribution in [0.15, 0.2) is 42.6 Å². The summed E-state index contributed by atoms with van der Waals surface area (Å²) in [6, 6.07) is 10.4. The van der Waals surface area contributed by atoms with Crippen LogP contribution in [0.4, 0.5) is 16.0 Å². The van der Waals surface area contributed by atoms with Gasteiger partial charge in [-0.1, -0.05) is 12.1 Å². The van der Waals surface area contributed by atoms with Crippen molar-refractivity contribution in [2.24, 2.45) is 0 Å². The summed E-state index contributed by atoms with van der Waals surface area (Å²) in [5.74, 6) is 0.961. The molecule has 6 nitrogen and oxygen atoms in total. The highest BCUT2D eigenvalue weighted by atomic mass is 19.1. The van der Waals surface area contributed by atoms with E-state index in [2.05, 4.69) is 20.2 Å². The van der Waals surface area contributed by atoms with Crippen molar-refractivity contribution < 1.29 is 9.18 Å². The van der Waals surface area contributed by atoms with Crippen molar-refractivity contribution in [3.05, 3.63) is 48.5 Å². The number of amides is 1. The normalized spacial score (nSPS) is 14.5. The SMILES string of the molecule is O=C(CCNc1cccc(F)n1)N1CCN(c2ccccn2)CC1. The molecule has 0 bridgehead atoms. The molecule has 1 aliphatic heterocycles. The highest BCUT2D eigenvalue weighted by molar-refractivity contribution is 5.77. The number of rotatable bonds is 5. The number of hydrogen-bond acceptors (Lipinski definition) is 5. The number of carbonyl (C=O) groups excluding carboxylic acids is 1. The lowest BCUT2D eigenvalue weighted by Crippen LogP contribution is -2.49. The molecule has 126 valence electrons. The molecule has 0 atom stereocenters. The fraction of sp³-hybridized carbons (Fsp3) is 0.353. The van der Waals surface area contributed by atoms with E-state index in [1.807, 2.05) is 23.1 Å². The van der Waals surface area contributed by atoms with Gasteiger partial charge in [-0.2, -0.15) is 4.39 Å². The number of halogens is 1. The van der Waals surface area contributed by atoms with E-state index in [0.29, 0.717) is 31.9 Å². The van der Waals surface area contributed by atoms with Crippen LogP contribution in [0.25, 0.3) is 0 Å². The van der Waals surface area contributed by atoms with Gasteiger partial charge in [0, 0.05) is 45.3 Å². The van der Waals surface area contributed by atoms with Gasteiger partial charge in [0.1, 0.15) is 11.6 Å². The summed E-state index contributed by atoms with van der Waals surface area (Å²) < 4.78 is 13.0. The first-order valence-corrected chi connectivity index (χ1v) is 8.02. The average molecular weight is 329 g/mol. The second kappa shape index (κ2) is 7.72. The maximum Gasteiger partial charge on any atom is 0.224 e. The molecule has 1 aliphatic rings. The first-order valence-electron chi connectivity index (χ1n) is 8.02. The van der Waals surface area contributed by atoms with E-state index < -0.39 is 5.95 Å². The highest BCUT2D eigenvalue weighted by Gasteiger charge is 2.21. The Labute approximate surface area is 140 Å². The van der Waals surface area contributed by atoms with Crippen LogP contribution in [0.2, 0.25) is 0 Å². The third kappa shape index (κ3) is 4.18. The number of nitrogens with zero attached hydrogens (tertiary/aromatic N) is 4. The molecule has 0 saturated carbocycles. The zero-order valence-corrected chi connectivity index (χ0v) is 13.4. The number of piperazine rings is 1. The summed E-state index contributed by atoms with van der Waals surface area (Å²) >= 11 is 0. The topological polar surface area (TPSA) is 61.4 Å². The van der Waals surface area contributed by atoms with E-state index in [1.165, 1.54) is 6.07 Å². The van der Waals surface area contributed by atoms with Gasteiger partial charge in [-0.05, 0) is 24.3 Å². The van der Waals surface area contributed by atoms with E-state index in [4.69, 9.17) is 0 Å². The number of anilines is 2. The summed E-state index contributed by atoms with van der Waals surface area (Å²) in [5.41, 5.74) is 0. The first kappa shape index (κ1) is 16.2. The predicted molar refractivity (Wildman–Crippen MR) is 90.3 cm³/mol. The molecule has 2 aromatic rings. The molecule has 3 rings (SSSR count). The third-order valence-electron chi connectivity index (χ3n) is 3.97. The van der Waals surface area contributed by atoms with Crippen molar-refractivity contribution in [3.63, 3.8) is 0 Å². The standard InChI is InChI=1S/C17H20FN5O/c18-14-4-3-5-15(21-14)19-9-7-17(24)23-12-10-22(11-13-23)16-6-1-2-8-20-16/h1-6,8H,7,9-13H2,(H,19,21). The van der Waals surface area contributed by atoms with Gasteiger partial charge >= 0.3 is 0 Å². The minimum Gasteiger partial charge on any atom is -0.369 e. The van der Waals surface area contributed by atoms with Crippen LogP contribution in [0.5, 0.6) is 0 Å². The first-order chi connectivity index (χ1) is 11.7. The van der Waals surface area contributed by atoms with Crippen molar-refractivity contribution in [1.82, 2.24) is 14.9 Å². The average Bonchev–Trinajstić information content (AvgIpc) is 2.63. The maximum absolute atomic E-state index is 13.0. The van der Waals surface area contributed by atoms with Crippen molar-refractivity contribution in [3.8, 4) is 0 Å². The number of aromatic nitrogens is 2. The molecule has 0 spiro atoms. The van der Waals surface area contributed by atoms with E-state index in [-0.39, 0.29) is 5.91 Å². The van der Waals surface area contributed by atoms with Crippen LogP contribution < -0.4 is 10.2 Å². The van der Waals surface area contributed by atoms with Gasteiger partial charge in [-0.3, -0.25) is 4.79 Å². The maximum atomic E-state index is 13.0. The van der Waals surface area contributed by atoms with Crippen LogP contribution in [0.3, 0.4) is 0 Å². The van der Waals surface area contributed by atoms with Gasteiger partial charge in [0.05, 0.1) is 0 Å². The predicted octanol–water partition coefficient (Wildman–Crippen LogP) is 1.77. The largest absolute Gasteiger partial charge is 0.369 e. The number of pyridine rings is 2. The Kier molecular flexibility index (Phi) is 5.20. The molecule has 1 amide bonds. The summed E-state index contributed by atoms with van der Waals surface area (Å²) in [6.45, 7) is 3.38. The minimum absolute atomic E-state index is 0.0968. The number of nitrogens with one attached hydrogen (secondary N) is 1. The molecule has 24 heavy (non-hydrogen) atoms. The molecule has 7 heteroatoms. The molecule has 0 aliphatic carbocycles. The molecular formula is C17H20FN5O. The van der Waals surface area contributed by atoms with E-state index in [9.17, 15) is 9.18 Å². The molecule has 0 aromatic carbocycles. The van der Waals surface area contributed by atoms with Gasteiger partial charge in [0.25, 0.3) is 0 Å². The Morgan fingerprint density at radius 3 is 2.67 bits per heavy atom. The Hall–Kier alpha value is -2.70. The summed E-state index contributed by atoms with van der Waals surface area (Å²) in [6.07, 6.45) is 2.14. The molecule has 1 fully saturated rings. The van der Waals surface area contributed by atoms with Gasteiger partial charge in [-0.25, -0.2) is 9.97 Å². The lowest BCUT2D eigenvalue weighted by atomic mass is 10.2. The zero-order valence-electron chi connectivity index (χ0n) is 13.4. The molecule has 0 unspecified atom stereocenters. The van der Waals surface area contributed by atoms with Gasteiger partial charge < -0.3 is 15.1 Å². The fourth-order valence-corrected chi connectivity index (χ4v) is 2.69. The van der Waals surface area contributed by atoms with Crippen molar-refractivity contribution >= 4 is 17.5 Å². The monoisotopic (exact) mass is 329 g/mol. The summed E-state index contributed by atoms with van der Waals surface area (Å²) in [4.78, 5) is 24.3. The molecule has 1 saturated heterocycles. The Bertz CT molecular complexity index is 674. The van der Waals surface area contributed by atoms with Crippen molar-refractivity contribution in [2.45, 2.75) is 6.42 Å². The summed E-state index contributed by atoms with van der Waals surface area (Å²) in [7, 11) is 0. The Morgan fingerprint density at radius 1 is 1.12 bits per heavy atom. The van der Waals surface area contributed by atoms with Crippen LogP contribution >= 0.6 is 0 Å². The Morgan fingerprint density at radius 2 is 1.96 bits per heavy atom. The molecular weight excluding hydrogens is 309 g/mol. The molecule has 1 N–H and O–H groups in total. The zero-order chi connectivity index (χ0) is 16.8. The van der Waals surface area contributed by atoms with Crippen LogP contribution in [0, 0.1) is 5.95 Å². The van der Waals surface area contributed by atoms with E-state index in [0.717, 1.165) is 18.9 Å². The number of carbonyl (C=O) groups is 1. The van der Waals surface area contributed by atoms with Gasteiger partial charge in [0.2, 0.25) is 11.9 Å². The van der Waals surface area contributed by atoms with Crippen LogP contribution in [0.1, 0.15) is 6.42 Å². The van der Waals surface area contributed by atoms with Crippen molar-refractivity contribution in [1.29, 1.82) is 0 Å². The molecule has 3 heterocycles. The Balaban J connectivity index is 1.42. The lowest BCUT2D eigenvalue weighted by Gasteiger charge is -2.35. The third-order valence-corrected chi connectivity index (χ3v) is 3.97. The highest BCUT2D eigenvalue weighted by Crippen LogP contribution is 2.13. The smallest absolute Gasteiger partial charge is 0.224 e. The molecule has 0 radical (unpaired) electrons. The van der Waals surface area contributed by atoms with Crippen molar-refractivity contribution in [2.75, 3.05) is 42.9 Å². The second-order valence-corrected chi connectivity index (χ2v) is 5.58. The van der Waals surface area contributed by atoms with Crippen LogP contribution in [-0.4, -0.2) is 53.5 Å². The van der Waals surface area contributed by atoms with Gasteiger partial charge in [0.15, 0.2) is 0 Å². The lowest BCUT2D eigenvalue weighted by molar-refractivity contribution is -0.131. The van der Waals surface area contributed by atoms with E-state index in [1.54, 1.807) is 18.3 Å². The van der Waals surface area contributed by atoms with Crippen LogP contribution in [-0.2, 0) is 4.79 Å². The molecule has 2 aromatic heterocycles. The van der Waals surface area contributed by atoms with E-state index >= 15 is 0 Å². The van der Waals surface area contributed by atoms with Gasteiger partial charge in [-0.15, -0.1) is 0 Å². The number of hydrogen-bond donors (Lipinski definition) is 1. The fourth-order valence-electron chi connectivity index (χ4n) is 2.69.